The van der Waals surface area contributed by atoms with Gasteiger partial charge in [0.15, 0.2) is 0 Å². The van der Waals surface area contributed by atoms with Crippen molar-refractivity contribution < 1.29 is 22.7 Å². The fourth-order valence-electron chi connectivity index (χ4n) is 2.29. The third kappa shape index (κ3) is 5.24. The van der Waals surface area contributed by atoms with Crippen LogP contribution >= 0.6 is 0 Å². The Morgan fingerprint density at radius 1 is 1.14 bits per heavy atom. The lowest BCUT2D eigenvalue weighted by Crippen LogP contribution is -2.36. The number of nitrogens with zero attached hydrogens (tertiary/aromatic N) is 2. The summed E-state index contributed by atoms with van der Waals surface area (Å²) in [4.78, 5) is 23.8. The van der Waals surface area contributed by atoms with Gasteiger partial charge in [0.1, 0.15) is 0 Å². The summed E-state index contributed by atoms with van der Waals surface area (Å²) in [6.45, 7) is 1.44. The van der Waals surface area contributed by atoms with Gasteiger partial charge in [0.25, 0.3) is 5.91 Å². The summed E-state index contributed by atoms with van der Waals surface area (Å²) in [7, 11) is -1.21. The molecule has 0 unspecified atom stereocenters. The van der Waals surface area contributed by atoms with Crippen LogP contribution < -0.4 is 5.43 Å². The maximum Gasteiger partial charge on any atom is 0.338 e. The number of benzene rings is 2. The Balaban J connectivity index is 2.02. The first-order valence-corrected chi connectivity index (χ1v) is 9.72. The van der Waals surface area contributed by atoms with Crippen LogP contribution in [0.2, 0.25) is 0 Å². The van der Waals surface area contributed by atoms with Gasteiger partial charge in [-0.15, -0.1) is 0 Å². The lowest BCUT2D eigenvalue weighted by atomic mass is 10.1. The zero-order valence-corrected chi connectivity index (χ0v) is 16.6. The lowest BCUT2D eigenvalue weighted by molar-refractivity contribution is -0.121. The number of aryl methyl sites for hydroxylation is 1. The molecule has 148 valence electrons. The number of carbonyl (C=O) groups is 2. The summed E-state index contributed by atoms with van der Waals surface area (Å²) in [5.74, 6) is -1.15. The Hall–Kier alpha value is -3.04. The quantitative estimate of drug-likeness (QED) is 0.429. The highest BCUT2D eigenvalue weighted by Crippen LogP contribution is 2.14. The molecule has 2 aromatic carbocycles. The van der Waals surface area contributed by atoms with E-state index in [1.54, 1.807) is 36.4 Å². The van der Waals surface area contributed by atoms with Gasteiger partial charge in [-0.25, -0.2) is 18.6 Å². The van der Waals surface area contributed by atoms with Gasteiger partial charge in [-0.3, -0.25) is 4.79 Å². The van der Waals surface area contributed by atoms with Crippen molar-refractivity contribution in [3.05, 3.63) is 65.2 Å². The Bertz CT molecular complexity index is 985. The van der Waals surface area contributed by atoms with Crippen molar-refractivity contribution in [3.8, 4) is 0 Å². The van der Waals surface area contributed by atoms with Crippen LogP contribution in [0.15, 0.2) is 58.5 Å². The first-order valence-electron chi connectivity index (χ1n) is 8.28. The van der Waals surface area contributed by atoms with E-state index in [0.717, 1.165) is 9.87 Å². The number of sulfonamides is 1. The van der Waals surface area contributed by atoms with Gasteiger partial charge in [-0.05, 0) is 25.1 Å². The van der Waals surface area contributed by atoms with Gasteiger partial charge >= 0.3 is 5.97 Å². The zero-order chi connectivity index (χ0) is 20.7. The van der Waals surface area contributed by atoms with Gasteiger partial charge in [0, 0.05) is 12.6 Å². The summed E-state index contributed by atoms with van der Waals surface area (Å²) in [5.41, 5.74) is 3.93. The van der Waals surface area contributed by atoms with Crippen molar-refractivity contribution in [2.45, 2.75) is 11.8 Å². The average Bonchev–Trinajstić information content (AvgIpc) is 2.68. The second kappa shape index (κ2) is 9.25. The van der Waals surface area contributed by atoms with Crippen LogP contribution in [0.25, 0.3) is 0 Å². The Morgan fingerprint density at radius 2 is 1.79 bits per heavy atom. The molecular formula is C19H21N3O5S. The second-order valence-corrected chi connectivity index (χ2v) is 7.99. The normalized spacial score (nSPS) is 11.6. The molecule has 0 aliphatic carbocycles. The molecule has 0 heterocycles. The molecule has 8 nitrogen and oxygen atoms in total. The van der Waals surface area contributed by atoms with E-state index in [2.05, 4.69) is 15.3 Å². The minimum absolute atomic E-state index is 0.101. The number of amides is 1. The molecule has 0 saturated carbocycles. The first kappa shape index (κ1) is 21.3. The third-order valence-electron chi connectivity index (χ3n) is 3.85. The summed E-state index contributed by atoms with van der Waals surface area (Å²) in [6, 6.07) is 12.9. The number of rotatable bonds is 7. The smallest absolute Gasteiger partial charge is 0.338 e. The molecule has 0 aliphatic rings. The fourth-order valence-corrected chi connectivity index (χ4v) is 3.42. The van der Waals surface area contributed by atoms with E-state index in [1.807, 2.05) is 6.92 Å². The molecule has 1 amide bonds. The molecule has 2 rings (SSSR count). The standard InChI is InChI=1S/C19H21N3O5S/c1-14-8-10-16(11-9-14)28(25,26)22(2)13-18(23)21-20-12-15-6-4-5-7-17(15)19(24)27-3/h4-12H,13H2,1-3H3,(H,21,23)/b20-12-. The second-order valence-electron chi connectivity index (χ2n) is 5.95. The largest absolute Gasteiger partial charge is 0.465 e. The molecule has 1 N–H and O–H groups in total. The van der Waals surface area contributed by atoms with Gasteiger partial charge in [-0.2, -0.15) is 9.41 Å². The number of esters is 1. The Kier molecular flexibility index (Phi) is 7.02. The van der Waals surface area contributed by atoms with E-state index in [1.165, 1.54) is 32.5 Å². The molecule has 0 bridgehead atoms. The third-order valence-corrected chi connectivity index (χ3v) is 5.67. The molecule has 28 heavy (non-hydrogen) atoms. The summed E-state index contributed by atoms with van der Waals surface area (Å²) < 4.78 is 30.6. The summed E-state index contributed by atoms with van der Waals surface area (Å²) in [6.07, 6.45) is 1.29. The molecule has 9 heteroatoms. The van der Waals surface area contributed by atoms with Gasteiger partial charge in [-0.1, -0.05) is 35.9 Å². The van der Waals surface area contributed by atoms with Crippen LogP contribution in [0.4, 0.5) is 0 Å². The fraction of sp³-hybridized carbons (Fsp3) is 0.211. The highest BCUT2D eigenvalue weighted by atomic mass is 32.2. The van der Waals surface area contributed by atoms with Crippen molar-refractivity contribution in [2.75, 3.05) is 20.7 Å². The minimum atomic E-state index is -3.79. The predicted molar refractivity (Wildman–Crippen MR) is 105 cm³/mol. The van der Waals surface area contributed by atoms with Gasteiger partial charge in [0.05, 0.1) is 30.3 Å². The van der Waals surface area contributed by atoms with E-state index >= 15 is 0 Å². The van der Waals surface area contributed by atoms with Crippen LogP contribution in [-0.4, -0.2) is 51.5 Å². The maximum atomic E-state index is 12.5. The van der Waals surface area contributed by atoms with Crippen LogP contribution in [0.3, 0.4) is 0 Å². The number of hydrazone groups is 1. The zero-order valence-electron chi connectivity index (χ0n) is 15.7. The summed E-state index contributed by atoms with van der Waals surface area (Å²) >= 11 is 0. The summed E-state index contributed by atoms with van der Waals surface area (Å²) in [5, 5.41) is 3.78. The lowest BCUT2D eigenvalue weighted by Gasteiger charge is -2.16. The number of ether oxygens (including phenoxy) is 1. The highest BCUT2D eigenvalue weighted by molar-refractivity contribution is 7.89. The Labute approximate surface area is 163 Å². The number of nitrogens with one attached hydrogen (secondary N) is 1. The van der Waals surface area contributed by atoms with Crippen molar-refractivity contribution in [3.63, 3.8) is 0 Å². The molecule has 0 atom stereocenters. The van der Waals surface area contributed by atoms with Crippen LogP contribution in [0, 0.1) is 6.92 Å². The molecular weight excluding hydrogens is 382 g/mol. The van der Waals surface area contributed by atoms with Crippen molar-refractivity contribution in [1.29, 1.82) is 0 Å². The van der Waals surface area contributed by atoms with E-state index in [9.17, 15) is 18.0 Å². The maximum absolute atomic E-state index is 12.5. The van der Waals surface area contributed by atoms with Crippen LogP contribution in [0.5, 0.6) is 0 Å². The van der Waals surface area contributed by atoms with Crippen LogP contribution in [0.1, 0.15) is 21.5 Å². The molecule has 0 aliphatic heterocycles. The number of hydrogen-bond donors (Lipinski definition) is 1. The number of carbonyl (C=O) groups excluding carboxylic acids is 2. The molecule has 0 fully saturated rings. The molecule has 0 saturated heterocycles. The first-order chi connectivity index (χ1) is 13.3. The monoisotopic (exact) mass is 403 g/mol. The topological polar surface area (TPSA) is 105 Å². The van der Waals surface area contributed by atoms with E-state index in [-0.39, 0.29) is 4.90 Å². The highest BCUT2D eigenvalue weighted by Gasteiger charge is 2.22. The SMILES string of the molecule is COC(=O)c1ccccc1/C=N\NC(=O)CN(C)S(=O)(=O)c1ccc(C)cc1. The average molecular weight is 403 g/mol. The number of methoxy groups -OCH3 is 1. The van der Waals surface area contributed by atoms with E-state index in [0.29, 0.717) is 11.1 Å². The molecule has 0 spiro atoms. The van der Waals surface area contributed by atoms with Crippen LogP contribution in [-0.2, 0) is 19.6 Å². The molecule has 0 radical (unpaired) electrons. The molecule has 0 aromatic heterocycles. The molecule has 2 aromatic rings. The minimum Gasteiger partial charge on any atom is -0.465 e. The van der Waals surface area contributed by atoms with Gasteiger partial charge in [0.2, 0.25) is 10.0 Å². The van der Waals surface area contributed by atoms with Crippen molar-refractivity contribution in [2.24, 2.45) is 5.10 Å². The van der Waals surface area contributed by atoms with Crippen molar-refractivity contribution in [1.82, 2.24) is 9.73 Å². The number of likely N-dealkylation sites (N-methyl/N-ethyl adjacent to an activating group) is 1. The van der Waals surface area contributed by atoms with E-state index in [4.69, 9.17) is 0 Å². The van der Waals surface area contributed by atoms with Crippen molar-refractivity contribution >= 4 is 28.1 Å². The van der Waals surface area contributed by atoms with Gasteiger partial charge < -0.3 is 4.74 Å². The Morgan fingerprint density at radius 3 is 2.43 bits per heavy atom. The predicted octanol–water partition coefficient (Wildman–Crippen LogP) is 1.55. The number of hydrogen-bond acceptors (Lipinski definition) is 6. The van der Waals surface area contributed by atoms with E-state index < -0.39 is 28.4 Å².